The zero-order valence-electron chi connectivity index (χ0n) is 19.6. The lowest BCUT2D eigenvalue weighted by Crippen LogP contribution is -2.45. The molecule has 1 aromatic carbocycles. The fourth-order valence-electron chi connectivity index (χ4n) is 6.04. The van der Waals surface area contributed by atoms with E-state index in [1.807, 2.05) is 24.1 Å². The van der Waals surface area contributed by atoms with Crippen LogP contribution in [0.3, 0.4) is 0 Å². The van der Waals surface area contributed by atoms with Gasteiger partial charge in [0.25, 0.3) is 11.8 Å². The molecule has 0 spiro atoms. The highest BCUT2D eigenvalue weighted by molar-refractivity contribution is 6.23. The van der Waals surface area contributed by atoms with E-state index >= 15 is 0 Å². The van der Waals surface area contributed by atoms with Crippen molar-refractivity contribution in [3.63, 3.8) is 0 Å². The van der Waals surface area contributed by atoms with Crippen LogP contribution in [-0.4, -0.2) is 73.0 Å². The second kappa shape index (κ2) is 9.45. The van der Waals surface area contributed by atoms with E-state index in [4.69, 9.17) is 4.74 Å². The van der Waals surface area contributed by atoms with Crippen LogP contribution in [0.15, 0.2) is 18.2 Å². The van der Waals surface area contributed by atoms with Gasteiger partial charge in [-0.3, -0.25) is 19.3 Å². The van der Waals surface area contributed by atoms with Gasteiger partial charge in [-0.2, -0.15) is 0 Å². The number of anilines is 1. The second-order valence-electron chi connectivity index (χ2n) is 10.1. The first-order chi connectivity index (χ1) is 16.0. The Morgan fingerprint density at radius 2 is 1.76 bits per heavy atom. The Morgan fingerprint density at radius 1 is 1.00 bits per heavy atom. The van der Waals surface area contributed by atoms with Gasteiger partial charge in [0.1, 0.15) is 0 Å². The van der Waals surface area contributed by atoms with Gasteiger partial charge >= 0.3 is 0 Å². The van der Waals surface area contributed by atoms with Crippen LogP contribution in [-0.2, 0) is 9.53 Å². The molecule has 1 saturated carbocycles. The van der Waals surface area contributed by atoms with Gasteiger partial charge in [0.2, 0.25) is 5.91 Å². The maximum absolute atomic E-state index is 13.3. The number of piperidine rings is 1. The van der Waals surface area contributed by atoms with E-state index in [-0.39, 0.29) is 29.7 Å². The molecular weight excluding hydrogens is 418 g/mol. The zero-order valence-corrected chi connectivity index (χ0v) is 19.6. The molecule has 0 aromatic heterocycles. The molecule has 0 bridgehead atoms. The predicted octanol–water partition coefficient (Wildman–Crippen LogP) is 3.47. The van der Waals surface area contributed by atoms with Crippen molar-refractivity contribution in [1.29, 1.82) is 0 Å². The van der Waals surface area contributed by atoms with Crippen LogP contribution in [0.5, 0.6) is 0 Å². The van der Waals surface area contributed by atoms with Crippen LogP contribution in [0, 0.1) is 5.92 Å². The summed E-state index contributed by atoms with van der Waals surface area (Å²) < 4.78 is 5.66. The summed E-state index contributed by atoms with van der Waals surface area (Å²) in [6.45, 7) is 2.47. The van der Waals surface area contributed by atoms with Crippen molar-refractivity contribution >= 4 is 23.4 Å². The number of hydrogen-bond acceptors (Lipinski definition) is 5. The van der Waals surface area contributed by atoms with Gasteiger partial charge < -0.3 is 14.5 Å². The number of hydrogen-bond donors (Lipinski definition) is 0. The molecule has 7 nitrogen and oxygen atoms in total. The molecule has 3 aliphatic heterocycles. The van der Waals surface area contributed by atoms with Gasteiger partial charge in [0.05, 0.1) is 29.5 Å². The van der Waals surface area contributed by atoms with Crippen LogP contribution in [0.4, 0.5) is 5.69 Å². The number of carbonyl (C=O) groups excluding carboxylic acids is 3. The molecule has 1 aliphatic carbocycles. The monoisotopic (exact) mass is 453 g/mol. The molecule has 2 saturated heterocycles. The second-order valence-corrected chi connectivity index (χ2v) is 10.1. The average molecular weight is 454 g/mol. The van der Waals surface area contributed by atoms with Crippen LogP contribution in [0.1, 0.15) is 78.5 Å². The SMILES string of the molecule is CN(C(=O)C1CCN(c2cccc3c2C(=O)N(C[C@H]2CCCO2)C3=O)CC1)C1CCCCC1. The molecule has 7 heteroatoms. The third-order valence-corrected chi connectivity index (χ3v) is 8.04. The van der Waals surface area contributed by atoms with Crippen molar-refractivity contribution in [3.05, 3.63) is 29.3 Å². The Morgan fingerprint density at radius 3 is 2.45 bits per heavy atom. The summed E-state index contributed by atoms with van der Waals surface area (Å²) >= 11 is 0. The van der Waals surface area contributed by atoms with E-state index in [0.29, 0.717) is 30.3 Å². The summed E-state index contributed by atoms with van der Waals surface area (Å²) in [6, 6.07) is 5.95. The molecule has 1 atom stereocenters. The van der Waals surface area contributed by atoms with Gasteiger partial charge in [-0.05, 0) is 50.7 Å². The molecule has 0 radical (unpaired) electrons. The summed E-state index contributed by atoms with van der Waals surface area (Å²) in [7, 11) is 1.97. The van der Waals surface area contributed by atoms with Crippen molar-refractivity contribution in [1.82, 2.24) is 9.80 Å². The third-order valence-electron chi connectivity index (χ3n) is 8.04. The van der Waals surface area contributed by atoms with Gasteiger partial charge in [-0.25, -0.2) is 0 Å². The number of imide groups is 1. The van der Waals surface area contributed by atoms with Crippen LogP contribution in [0.25, 0.3) is 0 Å². The molecule has 3 heterocycles. The summed E-state index contributed by atoms with van der Waals surface area (Å²) in [4.78, 5) is 44.9. The van der Waals surface area contributed by atoms with Gasteiger partial charge in [-0.15, -0.1) is 0 Å². The molecule has 3 amide bonds. The molecule has 0 N–H and O–H groups in total. The van der Waals surface area contributed by atoms with E-state index in [1.165, 1.54) is 24.2 Å². The smallest absolute Gasteiger partial charge is 0.263 e. The van der Waals surface area contributed by atoms with Crippen molar-refractivity contribution in [3.8, 4) is 0 Å². The molecule has 33 heavy (non-hydrogen) atoms. The van der Waals surface area contributed by atoms with Gasteiger partial charge in [0.15, 0.2) is 0 Å². The minimum atomic E-state index is -0.216. The van der Waals surface area contributed by atoms with Crippen LogP contribution >= 0.6 is 0 Å². The van der Waals surface area contributed by atoms with Crippen molar-refractivity contribution in [2.45, 2.75) is 69.9 Å². The van der Waals surface area contributed by atoms with Crippen LogP contribution in [0.2, 0.25) is 0 Å². The van der Waals surface area contributed by atoms with E-state index in [2.05, 4.69) is 4.90 Å². The van der Waals surface area contributed by atoms with Crippen molar-refractivity contribution in [2.24, 2.45) is 5.92 Å². The van der Waals surface area contributed by atoms with E-state index in [1.54, 1.807) is 6.07 Å². The lowest BCUT2D eigenvalue weighted by atomic mass is 9.90. The maximum Gasteiger partial charge on any atom is 0.263 e. The number of benzene rings is 1. The molecule has 4 aliphatic rings. The number of amides is 3. The number of carbonyl (C=O) groups is 3. The summed E-state index contributed by atoms with van der Waals surface area (Å²) in [6.07, 6.45) is 9.32. The van der Waals surface area contributed by atoms with E-state index < -0.39 is 0 Å². The van der Waals surface area contributed by atoms with E-state index in [0.717, 1.165) is 57.3 Å². The lowest BCUT2D eigenvalue weighted by molar-refractivity contribution is -0.137. The molecule has 5 rings (SSSR count). The molecule has 1 aromatic rings. The number of ether oxygens (including phenoxy) is 1. The molecule has 3 fully saturated rings. The Labute approximate surface area is 196 Å². The van der Waals surface area contributed by atoms with Crippen molar-refractivity contribution in [2.75, 3.05) is 38.2 Å². The first-order valence-corrected chi connectivity index (χ1v) is 12.7. The Balaban J connectivity index is 1.25. The highest BCUT2D eigenvalue weighted by Gasteiger charge is 2.40. The largest absolute Gasteiger partial charge is 0.376 e. The summed E-state index contributed by atoms with van der Waals surface area (Å²) in [5.74, 6) is -0.116. The fraction of sp³-hybridized carbons (Fsp3) is 0.654. The fourth-order valence-corrected chi connectivity index (χ4v) is 6.04. The lowest BCUT2D eigenvalue weighted by Gasteiger charge is -2.38. The number of rotatable bonds is 5. The summed E-state index contributed by atoms with van der Waals surface area (Å²) in [5, 5.41) is 0. The topological polar surface area (TPSA) is 70.2 Å². The highest BCUT2D eigenvalue weighted by atomic mass is 16.5. The maximum atomic E-state index is 13.3. The zero-order chi connectivity index (χ0) is 22.9. The van der Waals surface area contributed by atoms with Crippen LogP contribution < -0.4 is 4.90 Å². The Bertz CT molecular complexity index is 912. The minimum Gasteiger partial charge on any atom is -0.376 e. The molecule has 0 unspecified atom stereocenters. The first-order valence-electron chi connectivity index (χ1n) is 12.7. The van der Waals surface area contributed by atoms with E-state index in [9.17, 15) is 14.4 Å². The van der Waals surface area contributed by atoms with Crippen molar-refractivity contribution < 1.29 is 19.1 Å². The highest BCUT2D eigenvalue weighted by Crippen LogP contribution is 2.35. The average Bonchev–Trinajstić information content (AvgIpc) is 3.47. The third kappa shape index (κ3) is 4.27. The number of fused-ring (bicyclic) bond motifs is 1. The quantitative estimate of drug-likeness (QED) is 0.639. The number of nitrogens with zero attached hydrogens (tertiary/aromatic N) is 3. The predicted molar refractivity (Wildman–Crippen MR) is 125 cm³/mol. The summed E-state index contributed by atoms with van der Waals surface area (Å²) in [5.41, 5.74) is 1.84. The first kappa shape index (κ1) is 22.4. The van der Waals surface area contributed by atoms with Gasteiger partial charge in [0, 0.05) is 38.7 Å². The molecular formula is C26H35N3O4. The van der Waals surface area contributed by atoms with Gasteiger partial charge in [-0.1, -0.05) is 25.3 Å². The normalized spacial score (nSPS) is 24.5. The Hall–Kier alpha value is -2.41. The standard InChI is InChI=1S/C26H35N3O4/c1-27(19-7-3-2-4-8-19)24(30)18-12-14-28(15-13-18)22-11-5-10-21-23(22)26(32)29(25(21)31)17-20-9-6-16-33-20/h5,10-11,18-20H,2-4,6-9,12-17H2,1H3/t20-/m1/s1. The molecule has 178 valence electrons. The Kier molecular flexibility index (Phi) is 6.41. The minimum absolute atomic E-state index is 0.0401.